The summed E-state index contributed by atoms with van der Waals surface area (Å²) < 4.78 is 64.0. The minimum absolute atomic E-state index is 0.104. The van der Waals surface area contributed by atoms with Crippen molar-refractivity contribution in [2.75, 3.05) is 53.9 Å². The summed E-state index contributed by atoms with van der Waals surface area (Å²) in [7, 11) is 1.74. The molecule has 8 atom stereocenters. The molecule has 1 heterocycles. The second-order valence-corrected chi connectivity index (χ2v) is 21.5. The highest BCUT2D eigenvalue weighted by Crippen LogP contribution is 2.48. The average molecular weight is 1070 g/mol. The van der Waals surface area contributed by atoms with Crippen LogP contribution in [0, 0.1) is 29.1 Å². The van der Waals surface area contributed by atoms with Crippen LogP contribution in [-0.4, -0.2) is 107 Å². The van der Waals surface area contributed by atoms with Gasteiger partial charge in [-0.2, -0.15) is 5.26 Å². The van der Waals surface area contributed by atoms with E-state index in [1.54, 1.807) is 26.4 Å². The van der Waals surface area contributed by atoms with Gasteiger partial charge in [0.05, 0.1) is 57.7 Å². The summed E-state index contributed by atoms with van der Waals surface area (Å²) in [4.78, 5) is 26.1. The van der Waals surface area contributed by atoms with Gasteiger partial charge in [-0.1, -0.05) is 93.6 Å². The fourth-order valence-electron chi connectivity index (χ4n) is 9.39. The van der Waals surface area contributed by atoms with Crippen LogP contribution in [0.2, 0.25) is 0 Å². The zero-order valence-corrected chi connectivity index (χ0v) is 47.6. The topological polar surface area (TPSA) is 153 Å². The van der Waals surface area contributed by atoms with Gasteiger partial charge in [0.1, 0.15) is 29.5 Å². The van der Waals surface area contributed by atoms with Crippen LogP contribution in [0.15, 0.2) is 109 Å². The highest BCUT2D eigenvalue weighted by atomic mass is 31.2. The van der Waals surface area contributed by atoms with Crippen molar-refractivity contribution in [2.45, 2.75) is 149 Å². The van der Waals surface area contributed by atoms with Crippen molar-refractivity contribution in [3.63, 3.8) is 0 Å². The summed E-state index contributed by atoms with van der Waals surface area (Å²) in [5.74, 6) is 1.87. The van der Waals surface area contributed by atoms with E-state index in [9.17, 15) is 14.9 Å². The second-order valence-electron chi connectivity index (χ2n) is 20.1. The molecule has 8 unspecified atom stereocenters. The number of esters is 1. The molecule has 0 aliphatic carbocycles. The Kier molecular flexibility index (Phi) is 26.8. The molecule has 0 aromatic heterocycles. The summed E-state index contributed by atoms with van der Waals surface area (Å²) in [6, 6.07) is 37.6. The maximum absolute atomic E-state index is 13.5. The number of carbonyl (C=O) groups is 2. The fourth-order valence-corrected chi connectivity index (χ4v) is 11.1. The smallest absolute Gasteiger partial charge is 0.338 e. The molecule has 0 bridgehead atoms. The lowest BCUT2D eigenvalue weighted by molar-refractivity contribution is -0.254. The van der Waals surface area contributed by atoms with Crippen LogP contribution in [0.5, 0.6) is 11.5 Å². The predicted molar refractivity (Wildman–Crippen MR) is 296 cm³/mol. The van der Waals surface area contributed by atoms with Gasteiger partial charge in [-0.3, -0.25) is 4.79 Å². The van der Waals surface area contributed by atoms with E-state index in [0.717, 1.165) is 41.0 Å². The number of methoxy groups -OCH3 is 2. The lowest BCUT2D eigenvalue weighted by Crippen LogP contribution is -2.48. The fraction of sp³-hybridized carbons (Fsp3) is 0.557. The first-order chi connectivity index (χ1) is 36.7. The van der Waals surface area contributed by atoms with E-state index < -0.39 is 32.8 Å². The van der Waals surface area contributed by atoms with Gasteiger partial charge >= 0.3 is 5.97 Å². The van der Waals surface area contributed by atoms with Crippen LogP contribution in [0.25, 0.3) is 0 Å². The van der Waals surface area contributed by atoms with Gasteiger partial charge in [0, 0.05) is 50.7 Å². The molecule has 0 radical (unpaired) electrons. The van der Waals surface area contributed by atoms with Gasteiger partial charge in [0.15, 0.2) is 12.6 Å². The summed E-state index contributed by atoms with van der Waals surface area (Å²) in [5.41, 5.74) is 2.54. The lowest BCUT2D eigenvalue weighted by atomic mass is 9.79. The zero-order chi connectivity index (χ0) is 54.9. The molecule has 416 valence electrons. The third-order valence-electron chi connectivity index (χ3n) is 14.1. The molecule has 4 aromatic carbocycles. The van der Waals surface area contributed by atoms with Crippen molar-refractivity contribution < 1.29 is 56.5 Å². The number of hydrogen-bond acceptors (Lipinski definition) is 14. The van der Waals surface area contributed by atoms with Gasteiger partial charge in [0.2, 0.25) is 0 Å². The van der Waals surface area contributed by atoms with Gasteiger partial charge in [-0.25, -0.2) is 9.46 Å². The molecule has 1 saturated heterocycles. The van der Waals surface area contributed by atoms with Crippen molar-refractivity contribution in [1.82, 2.24) is 4.67 Å². The van der Waals surface area contributed by atoms with Crippen molar-refractivity contribution in [1.29, 1.82) is 5.26 Å². The first-order valence-electron chi connectivity index (χ1n) is 27.2. The largest absolute Gasteiger partial charge is 0.497 e. The zero-order valence-electron chi connectivity index (χ0n) is 46.7. The molecular formula is C61H85N2O12P. The molecule has 76 heavy (non-hydrogen) atoms. The number of rotatable bonds is 35. The van der Waals surface area contributed by atoms with E-state index >= 15 is 0 Å². The molecule has 5 rings (SSSR count). The Morgan fingerprint density at radius 1 is 0.684 bits per heavy atom. The first kappa shape index (κ1) is 62.1. The molecule has 15 heteroatoms. The number of carbonyl (C=O) groups excluding carboxylic acids is 2. The van der Waals surface area contributed by atoms with Crippen LogP contribution in [-0.2, 0) is 47.9 Å². The molecule has 4 aromatic rings. The maximum atomic E-state index is 13.5. The van der Waals surface area contributed by atoms with Gasteiger partial charge in [-0.15, -0.1) is 0 Å². The Labute approximate surface area is 454 Å². The van der Waals surface area contributed by atoms with E-state index in [4.69, 9.17) is 46.9 Å². The van der Waals surface area contributed by atoms with E-state index in [2.05, 4.69) is 95.6 Å². The van der Waals surface area contributed by atoms with E-state index in [0.29, 0.717) is 57.5 Å². The predicted octanol–water partition coefficient (Wildman–Crippen LogP) is 12.9. The van der Waals surface area contributed by atoms with E-state index in [1.165, 1.54) is 0 Å². The van der Waals surface area contributed by atoms with Crippen LogP contribution < -0.4 is 9.47 Å². The van der Waals surface area contributed by atoms with Crippen molar-refractivity contribution in [3.8, 4) is 17.6 Å². The number of hydrogen-bond donors (Lipinski definition) is 0. The summed E-state index contributed by atoms with van der Waals surface area (Å²) >= 11 is 0. The molecule has 14 nitrogen and oxygen atoms in total. The normalized spacial score (nSPS) is 19.0. The Morgan fingerprint density at radius 3 is 1.86 bits per heavy atom. The molecule has 0 spiro atoms. The van der Waals surface area contributed by atoms with Gasteiger partial charge < -0.3 is 46.9 Å². The third kappa shape index (κ3) is 18.7. The molecular weight excluding hydrogens is 984 g/mol. The number of nitriles is 1. The number of benzene rings is 4. The molecule has 1 aliphatic heterocycles. The SMILES string of the molecule is COc1ccc(C(OCCCCOC(C)OCC(CCC(=O)CCCCOC2OC(COC(=O)c3ccccc3)C(C)C(C)C2C)OP(OCCC#N)N(C(C)C)C(C)C)(c2ccccc2)c2ccc(OC)cc2)cc1. The summed E-state index contributed by atoms with van der Waals surface area (Å²) in [6.07, 6.45) is 2.39. The third-order valence-corrected chi connectivity index (χ3v) is 16.2. The molecule has 0 amide bonds. The minimum atomic E-state index is -1.58. The Balaban J connectivity index is 1.13. The number of Topliss-reactive ketones (excluding diaryl/α,β-unsaturated/α-hetero) is 1. The average Bonchev–Trinajstić information content (AvgIpc) is 3.44. The Hall–Kier alpha value is -4.78. The van der Waals surface area contributed by atoms with Crippen LogP contribution in [0.1, 0.15) is 134 Å². The van der Waals surface area contributed by atoms with Gasteiger partial charge in [0.25, 0.3) is 8.53 Å². The number of unbranched alkanes of at least 4 members (excludes halogenated alkanes) is 2. The monoisotopic (exact) mass is 1070 g/mol. The van der Waals surface area contributed by atoms with E-state index in [1.807, 2.05) is 67.6 Å². The standard InChI is InChI=1S/C61H85N2O12P/c1-44(2)63(45(3)4)76(73-41-21-37-62)75-57(36-31-54(64)26-17-18-39-69-60-48(7)46(5)47(6)58(74-60)43-71-59(65)50-22-13-11-14-23-50)42-70-49(8)68-38-19-20-40-72-61(51-24-15-12-16-25-51,52-27-32-55(66-9)33-28-52)53-29-34-56(67-10)35-30-53/h11-16,22-25,27-30,32-35,44-49,57-58,60H,17-21,26,31,36,38-43H2,1-10H3. The van der Waals surface area contributed by atoms with Crippen molar-refractivity contribution in [2.24, 2.45) is 17.8 Å². The highest BCUT2D eigenvalue weighted by Gasteiger charge is 2.41. The molecule has 1 fully saturated rings. The summed E-state index contributed by atoms with van der Waals surface area (Å²) in [5, 5.41) is 9.33. The van der Waals surface area contributed by atoms with Crippen molar-refractivity contribution >= 4 is 20.3 Å². The number of ether oxygens (including phenoxy) is 8. The van der Waals surface area contributed by atoms with Gasteiger partial charge in [-0.05, 0) is 132 Å². The van der Waals surface area contributed by atoms with Crippen LogP contribution in [0.3, 0.4) is 0 Å². The Bertz CT molecular complexity index is 2240. The molecule has 1 aliphatic rings. The highest BCUT2D eigenvalue weighted by molar-refractivity contribution is 7.44. The number of ketones is 1. The van der Waals surface area contributed by atoms with E-state index in [-0.39, 0.29) is 73.9 Å². The summed E-state index contributed by atoms with van der Waals surface area (Å²) in [6.45, 7) is 18.6. The van der Waals surface area contributed by atoms with Crippen LogP contribution >= 0.6 is 8.53 Å². The minimum Gasteiger partial charge on any atom is -0.497 e. The second kappa shape index (κ2) is 32.8. The van der Waals surface area contributed by atoms with Crippen molar-refractivity contribution in [3.05, 3.63) is 131 Å². The maximum Gasteiger partial charge on any atom is 0.338 e. The first-order valence-corrected chi connectivity index (χ1v) is 28.3. The molecule has 0 N–H and O–H groups in total. The lowest BCUT2D eigenvalue weighted by Gasteiger charge is -2.43. The number of nitrogens with zero attached hydrogens (tertiary/aromatic N) is 2. The Morgan fingerprint density at radius 2 is 1.26 bits per heavy atom. The quantitative estimate of drug-likeness (QED) is 0.0141. The molecule has 0 saturated carbocycles. The van der Waals surface area contributed by atoms with Crippen LogP contribution in [0.4, 0.5) is 0 Å².